The standard InChI is InChI=1S/C26H29N7O4S/c1-3-18-19(13-27)23(33-11-9-17(10-12-33)31-24(35)15(2)30-26(36)37)32-25(20(18)14-28)38-21(22(29)34)16-7-5-4-6-8-16/h4-8,15,17,21,30H,3,9-12H2,1-2H3,(H2,29,34)(H,31,35)(H,36,37). The van der Waals surface area contributed by atoms with Crippen LogP contribution in [0.3, 0.4) is 0 Å². The number of anilines is 1. The fraction of sp³-hybridized carbons (Fsp3) is 0.385. The van der Waals surface area contributed by atoms with Gasteiger partial charge in [-0.25, -0.2) is 9.78 Å². The number of thioether (sulfide) groups is 1. The van der Waals surface area contributed by atoms with E-state index in [1.165, 1.54) is 6.92 Å². The van der Waals surface area contributed by atoms with Gasteiger partial charge in [-0.3, -0.25) is 9.59 Å². The number of nitrogens with one attached hydrogen (secondary N) is 2. The van der Waals surface area contributed by atoms with Crippen LogP contribution in [0.25, 0.3) is 0 Å². The normalized spacial score (nSPS) is 15.0. The Morgan fingerprint density at radius 2 is 1.82 bits per heavy atom. The van der Waals surface area contributed by atoms with E-state index in [0.717, 1.165) is 11.8 Å². The van der Waals surface area contributed by atoms with E-state index in [-0.39, 0.29) is 11.6 Å². The number of carbonyl (C=O) groups excluding carboxylic acids is 2. The zero-order valence-electron chi connectivity index (χ0n) is 21.1. The molecule has 2 heterocycles. The molecule has 38 heavy (non-hydrogen) atoms. The van der Waals surface area contributed by atoms with Crippen molar-refractivity contribution in [1.82, 2.24) is 15.6 Å². The molecular formula is C26H29N7O4S. The van der Waals surface area contributed by atoms with Gasteiger partial charge in [-0.15, -0.1) is 0 Å². The number of carboxylic acid groups (broad SMARTS) is 1. The minimum atomic E-state index is -1.27. The Kier molecular flexibility index (Phi) is 9.52. The first-order chi connectivity index (χ1) is 18.2. The van der Waals surface area contributed by atoms with E-state index in [0.29, 0.717) is 59.9 Å². The van der Waals surface area contributed by atoms with Crippen molar-refractivity contribution in [3.63, 3.8) is 0 Å². The summed E-state index contributed by atoms with van der Waals surface area (Å²) in [5, 5.41) is 33.3. The second-order valence-electron chi connectivity index (χ2n) is 8.80. The van der Waals surface area contributed by atoms with Gasteiger partial charge < -0.3 is 26.4 Å². The lowest BCUT2D eigenvalue weighted by molar-refractivity contribution is -0.123. The second-order valence-corrected chi connectivity index (χ2v) is 9.89. The SMILES string of the molecule is CCc1c(C#N)c(SC(C(N)=O)c2ccccc2)nc(N2CCC(NC(=O)C(C)NC(=O)O)CC2)c1C#N. The predicted octanol–water partition coefficient (Wildman–Crippen LogP) is 2.45. The van der Waals surface area contributed by atoms with Crippen LogP contribution in [0.4, 0.5) is 10.6 Å². The Balaban J connectivity index is 1.89. The first-order valence-corrected chi connectivity index (χ1v) is 13.0. The molecule has 11 nitrogen and oxygen atoms in total. The summed E-state index contributed by atoms with van der Waals surface area (Å²) in [6.45, 7) is 4.28. The minimum absolute atomic E-state index is 0.169. The average molecular weight is 536 g/mol. The highest BCUT2D eigenvalue weighted by molar-refractivity contribution is 8.00. The van der Waals surface area contributed by atoms with E-state index in [2.05, 4.69) is 22.8 Å². The van der Waals surface area contributed by atoms with E-state index in [1.54, 1.807) is 24.3 Å². The monoisotopic (exact) mass is 535 g/mol. The number of nitriles is 2. The van der Waals surface area contributed by atoms with Crippen molar-refractivity contribution in [1.29, 1.82) is 10.5 Å². The van der Waals surface area contributed by atoms with E-state index in [1.807, 2.05) is 17.9 Å². The van der Waals surface area contributed by atoms with Crippen molar-refractivity contribution in [2.24, 2.45) is 5.73 Å². The van der Waals surface area contributed by atoms with Crippen molar-refractivity contribution < 1.29 is 19.5 Å². The lowest BCUT2D eigenvalue weighted by Gasteiger charge is -2.34. The van der Waals surface area contributed by atoms with Gasteiger partial charge in [-0.2, -0.15) is 10.5 Å². The molecule has 5 N–H and O–H groups in total. The van der Waals surface area contributed by atoms with E-state index >= 15 is 0 Å². The van der Waals surface area contributed by atoms with E-state index in [9.17, 15) is 24.9 Å². The molecule has 1 aliphatic rings. The fourth-order valence-electron chi connectivity index (χ4n) is 4.34. The molecule has 2 aromatic rings. The number of benzene rings is 1. The van der Waals surface area contributed by atoms with Crippen LogP contribution in [-0.4, -0.2) is 53.2 Å². The molecule has 0 aliphatic carbocycles. The van der Waals surface area contributed by atoms with Gasteiger partial charge in [-0.1, -0.05) is 49.0 Å². The maximum absolute atomic E-state index is 12.4. The first kappa shape index (κ1) is 28.3. The predicted molar refractivity (Wildman–Crippen MR) is 141 cm³/mol. The molecule has 0 bridgehead atoms. The van der Waals surface area contributed by atoms with Gasteiger partial charge in [0, 0.05) is 19.1 Å². The summed E-state index contributed by atoms with van der Waals surface area (Å²) in [4.78, 5) is 42.1. The van der Waals surface area contributed by atoms with Crippen molar-refractivity contribution in [2.75, 3.05) is 18.0 Å². The third kappa shape index (κ3) is 6.52. The molecule has 2 atom stereocenters. The van der Waals surface area contributed by atoms with Crippen molar-refractivity contribution in [2.45, 2.75) is 55.5 Å². The van der Waals surface area contributed by atoms with Gasteiger partial charge in [-0.05, 0) is 37.3 Å². The van der Waals surface area contributed by atoms with Crippen LogP contribution < -0.4 is 21.3 Å². The number of rotatable bonds is 9. The zero-order chi connectivity index (χ0) is 27.8. The maximum atomic E-state index is 12.4. The van der Waals surface area contributed by atoms with Crippen LogP contribution >= 0.6 is 11.8 Å². The van der Waals surface area contributed by atoms with Crippen LogP contribution in [0.15, 0.2) is 35.4 Å². The zero-order valence-corrected chi connectivity index (χ0v) is 21.9. The number of primary amides is 1. The van der Waals surface area contributed by atoms with Crippen molar-refractivity contribution in [3.8, 4) is 12.1 Å². The summed E-state index contributed by atoms with van der Waals surface area (Å²) >= 11 is 1.09. The largest absolute Gasteiger partial charge is 0.465 e. The number of hydrogen-bond acceptors (Lipinski definition) is 8. The topological polar surface area (TPSA) is 185 Å². The van der Waals surface area contributed by atoms with Crippen LogP contribution in [-0.2, 0) is 16.0 Å². The summed E-state index contributed by atoms with van der Waals surface area (Å²) < 4.78 is 0. The number of nitrogens with two attached hydrogens (primary N) is 1. The van der Waals surface area contributed by atoms with Gasteiger partial charge >= 0.3 is 6.09 Å². The Morgan fingerprint density at radius 1 is 1.18 bits per heavy atom. The number of carbonyl (C=O) groups is 3. The van der Waals surface area contributed by atoms with Crippen LogP contribution in [0.5, 0.6) is 0 Å². The molecule has 198 valence electrons. The number of nitrogens with zero attached hydrogens (tertiary/aromatic N) is 4. The number of aromatic nitrogens is 1. The van der Waals surface area contributed by atoms with Gasteiger partial charge in [0.15, 0.2) is 0 Å². The number of pyridine rings is 1. The molecule has 1 aromatic heterocycles. The first-order valence-electron chi connectivity index (χ1n) is 12.1. The van der Waals surface area contributed by atoms with Gasteiger partial charge in [0.05, 0.1) is 11.1 Å². The molecule has 0 saturated carbocycles. The third-order valence-electron chi connectivity index (χ3n) is 6.29. The molecule has 2 unspecified atom stereocenters. The molecule has 0 spiro atoms. The molecule has 1 saturated heterocycles. The molecule has 1 aliphatic heterocycles. The van der Waals surface area contributed by atoms with E-state index < -0.39 is 29.2 Å². The quantitative estimate of drug-likeness (QED) is 0.350. The molecular weight excluding hydrogens is 506 g/mol. The Hall–Kier alpha value is -4.29. The highest BCUT2D eigenvalue weighted by atomic mass is 32.2. The maximum Gasteiger partial charge on any atom is 0.405 e. The summed E-state index contributed by atoms with van der Waals surface area (Å²) in [5.41, 5.74) is 7.52. The van der Waals surface area contributed by atoms with Gasteiger partial charge in [0.25, 0.3) is 0 Å². The van der Waals surface area contributed by atoms with Crippen molar-refractivity contribution in [3.05, 3.63) is 52.6 Å². The summed E-state index contributed by atoms with van der Waals surface area (Å²) in [5.74, 6) is -0.558. The molecule has 1 aromatic carbocycles. The Labute approximate surface area is 225 Å². The number of amides is 3. The second kappa shape index (κ2) is 12.8. The van der Waals surface area contributed by atoms with Crippen molar-refractivity contribution >= 4 is 35.5 Å². The summed E-state index contributed by atoms with van der Waals surface area (Å²) in [6, 6.07) is 12.3. The molecule has 12 heteroatoms. The van der Waals surface area contributed by atoms with Crippen LogP contribution in [0, 0.1) is 22.7 Å². The molecule has 3 amide bonds. The summed E-state index contributed by atoms with van der Waals surface area (Å²) in [6.07, 6.45) is 0.249. The highest BCUT2D eigenvalue weighted by Crippen LogP contribution is 2.39. The Morgan fingerprint density at radius 3 is 2.34 bits per heavy atom. The summed E-state index contributed by atoms with van der Waals surface area (Å²) in [7, 11) is 0. The molecule has 0 radical (unpaired) electrons. The van der Waals surface area contributed by atoms with Crippen LogP contribution in [0.1, 0.15) is 54.2 Å². The molecule has 1 fully saturated rings. The third-order valence-corrected chi connectivity index (χ3v) is 7.55. The van der Waals surface area contributed by atoms with Gasteiger partial charge in [0.2, 0.25) is 11.8 Å². The average Bonchev–Trinajstić information content (AvgIpc) is 2.91. The fourth-order valence-corrected chi connectivity index (χ4v) is 5.40. The smallest absolute Gasteiger partial charge is 0.405 e. The lowest BCUT2D eigenvalue weighted by Crippen LogP contribution is -2.51. The number of piperidine rings is 1. The molecule has 3 rings (SSSR count). The number of hydrogen-bond donors (Lipinski definition) is 4. The minimum Gasteiger partial charge on any atom is -0.465 e. The lowest BCUT2D eigenvalue weighted by atomic mass is 9.99. The van der Waals surface area contributed by atoms with Gasteiger partial charge in [0.1, 0.15) is 34.3 Å². The Bertz CT molecular complexity index is 1280. The van der Waals surface area contributed by atoms with Crippen LogP contribution in [0.2, 0.25) is 0 Å². The van der Waals surface area contributed by atoms with E-state index in [4.69, 9.17) is 15.8 Å². The highest BCUT2D eigenvalue weighted by Gasteiger charge is 2.30.